The van der Waals surface area contributed by atoms with Gasteiger partial charge in [-0.25, -0.2) is 4.98 Å². The normalized spacial score (nSPS) is 12.6. The van der Waals surface area contributed by atoms with Crippen molar-refractivity contribution in [2.75, 3.05) is 7.11 Å². The molecule has 2 aromatic rings. The quantitative estimate of drug-likeness (QED) is 0.784. The SMILES string of the molecule is COC(C)(C)c1cn2c(C)c(C)nc2s1. The fraction of sp³-hybridized carbons (Fsp3) is 0.545. The molecule has 0 aliphatic rings. The summed E-state index contributed by atoms with van der Waals surface area (Å²) in [6, 6.07) is 0. The van der Waals surface area contributed by atoms with E-state index in [1.165, 1.54) is 10.6 Å². The Kier molecular flexibility index (Phi) is 2.35. The van der Waals surface area contributed by atoms with Crippen LogP contribution in [0.5, 0.6) is 0 Å². The number of aromatic nitrogens is 2. The molecular weight excluding hydrogens is 208 g/mol. The topological polar surface area (TPSA) is 26.5 Å². The Morgan fingerprint density at radius 2 is 2.07 bits per heavy atom. The highest BCUT2D eigenvalue weighted by Crippen LogP contribution is 2.31. The molecule has 0 aliphatic heterocycles. The predicted octanol–water partition coefficient (Wildman–Crippen LogP) is 2.89. The first-order valence-electron chi connectivity index (χ1n) is 4.96. The van der Waals surface area contributed by atoms with Crippen molar-refractivity contribution in [3.05, 3.63) is 22.5 Å². The van der Waals surface area contributed by atoms with Gasteiger partial charge in [0.15, 0.2) is 4.96 Å². The number of imidazole rings is 1. The van der Waals surface area contributed by atoms with Crippen molar-refractivity contribution in [3.63, 3.8) is 0 Å². The summed E-state index contributed by atoms with van der Waals surface area (Å²) in [6.07, 6.45) is 2.12. The molecule has 2 aromatic heterocycles. The van der Waals surface area contributed by atoms with Gasteiger partial charge in [-0.15, -0.1) is 0 Å². The summed E-state index contributed by atoms with van der Waals surface area (Å²) in [4.78, 5) is 6.76. The van der Waals surface area contributed by atoms with Gasteiger partial charge in [-0.3, -0.25) is 4.40 Å². The number of hydrogen-bond donors (Lipinski definition) is 0. The number of methoxy groups -OCH3 is 1. The van der Waals surface area contributed by atoms with Crippen LogP contribution in [-0.4, -0.2) is 16.5 Å². The molecule has 0 saturated heterocycles. The van der Waals surface area contributed by atoms with E-state index in [4.69, 9.17) is 4.74 Å². The molecule has 0 N–H and O–H groups in total. The largest absolute Gasteiger partial charge is 0.373 e. The first kappa shape index (κ1) is 10.6. The minimum atomic E-state index is -0.230. The van der Waals surface area contributed by atoms with E-state index in [0.717, 1.165) is 10.7 Å². The van der Waals surface area contributed by atoms with Gasteiger partial charge in [0.25, 0.3) is 0 Å². The minimum absolute atomic E-state index is 0.230. The van der Waals surface area contributed by atoms with Crippen LogP contribution in [0.25, 0.3) is 4.96 Å². The minimum Gasteiger partial charge on any atom is -0.373 e. The molecule has 0 fully saturated rings. The van der Waals surface area contributed by atoms with Crippen LogP contribution >= 0.6 is 11.3 Å². The second-order valence-electron chi connectivity index (χ2n) is 4.25. The maximum absolute atomic E-state index is 5.46. The molecular formula is C11H16N2OS. The van der Waals surface area contributed by atoms with Crippen LogP contribution in [0.15, 0.2) is 6.20 Å². The van der Waals surface area contributed by atoms with Gasteiger partial charge in [0, 0.05) is 19.0 Å². The van der Waals surface area contributed by atoms with Gasteiger partial charge in [0.1, 0.15) is 0 Å². The third kappa shape index (κ3) is 1.58. The zero-order chi connectivity index (χ0) is 11.2. The van der Waals surface area contributed by atoms with E-state index < -0.39 is 0 Å². The number of hydrogen-bond acceptors (Lipinski definition) is 3. The summed E-state index contributed by atoms with van der Waals surface area (Å²) < 4.78 is 7.60. The van der Waals surface area contributed by atoms with E-state index in [9.17, 15) is 0 Å². The molecule has 0 atom stereocenters. The maximum atomic E-state index is 5.46. The van der Waals surface area contributed by atoms with Crippen molar-refractivity contribution in [3.8, 4) is 0 Å². The Hall–Kier alpha value is -0.870. The van der Waals surface area contributed by atoms with Crippen molar-refractivity contribution >= 4 is 16.3 Å². The Labute approximate surface area is 93.7 Å². The van der Waals surface area contributed by atoms with Gasteiger partial charge < -0.3 is 4.74 Å². The lowest BCUT2D eigenvalue weighted by Crippen LogP contribution is -2.17. The van der Waals surface area contributed by atoms with Crippen molar-refractivity contribution in [2.45, 2.75) is 33.3 Å². The molecule has 0 amide bonds. The Bertz CT molecular complexity index is 496. The first-order chi connectivity index (χ1) is 6.95. The summed E-state index contributed by atoms with van der Waals surface area (Å²) in [5.41, 5.74) is 2.08. The Balaban J connectivity index is 2.58. The lowest BCUT2D eigenvalue weighted by atomic mass is 10.1. The third-order valence-electron chi connectivity index (χ3n) is 2.91. The highest BCUT2D eigenvalue weighted by molar-refractivity contribution is 7.17. The van der Waals surface area contributed by atoms with E-state index in [1.807, 2.05) is 6.92 Å². The lowest BCUT2D eigenvalue weighted by molar-refractivity contribution is 0.0221. The number of thiazole rings is 1. The van der Waals surface area contributed by atoms with Crippen LogP contribution < -0.4 is 0 Å². The van der Waals surface area contributed by atoms with E-state index in [1.54, 1.807) is 18.4 Å². The van der Waals surface area contributed by atoms with E-state index in [2.05, 4.69) is 36.4 Å². The van der Waals surface area contributed by atoms with Crippen LogP contribution in [0.3, 0.4) is 0 Å². The number of fused-ring (bicyclic) bond motifs is 1. The van der Waals surface area contributed by atoms with Gasteiger partial charge in [0.05, 0.1) is 16.2 Å². The Morgan fingerprint density at radius 3 is 2.60 bits per heavy atom. The van der Waals surface area contributed by atoms with E-state index in [0.29, 0.717) is 0 Å². The molecule has 3 nitrogen and oxygen atoms in total. The first-order valence-corrected chi connectivity index (χ1v) is 5.78. The molecule has 0 aliphatic carbocycles. The van der Waals surface area contributed by atoms with Crippen molar-refractivity contribution < 1.29 is 4.74 Å². The highest BCUT2D eigenvalue weighted by atomic mass is 32.1. The zero-order valence-electron chi connectivity index (χ0n) is 9.79. The Morgan fingerprint density at radius 1 is 1.40 bits per heavy atom. The molecule has 2 rings (SSSR count). The smallest absolute Gasteiger partial charge is 0.194 e. The summed E-state index contributed by atoms with van der Waals surface area (Å²) in [5.74, 6) is 0. The van der Waals surface area contributed by atoms with Crippen LogP contribution in [0, 0.1) is 13.8 Å². The molecule has 15 heavy (non-hydrogen) atoms. The maximum Gasteiger partial charge on any atom is 0.194 e. The molecule has 0 aromatic carbocycles. The molecule has 82 valence electrons. The number of aryl methyl sites for hydroxylation is 2. The fourth-order valence-electron chi connectivity index (χ4n) is 1.44. The molecule has 0 unspecified atom stereocenters. The van der Waals surface area contributed by atoms with Gasteiger partial charge in [-0.05, 0) is 27.7 Å². The zero-order valence-corrected chi connectivity index (χ0v) is 10.6. The van der Waals surface area contributed by atoms with Crippen molar-refractivity contribution in [1.29, 1.82) is 0 Å². The summed E-state index contributed by atoms with van der Waals surface area (Å²) in [6.45, 7) is 8.27. The second-order valence-corrected chi connectivity index (χ2v) is 5.25. The third-order valence-corrected chi connectivity index (χ3v) is 4.19. The summed E-state index contributed by atoms with van der Waals surface area (Å²) in [5, 5.41) is 0. The monoisotopic (exact) mass is 224 g/mol. The number of rotatable bonds is 2. The van der Waals surface area contributed by atoms with Crippen LogP contribution in [0.1, 0.15) is 30.1 Å². The van der Waals surface area contributed by atoms with Crippen molar-refractivity contribution in [2.24, 2.45) is 0 Å². The highest BCUT2D eigenvalue weighted by Gasteiger charge is 2.23. The van der Waals surface area contributed by atoms with E-state index >= 15 is 0 Å². The summed E-state index contributed by atoms with van der Waals surface area (Å²) >= 11 is 1.69. The predicted molar refractivity (Wildman–Crippen MR) is 62.6 cm³/mol. The average molecular weight is 224 g/mol. The second kappa shape index (κ2) is 3.32. The van der Waals surface area contributed by atoms with Crippen LogP contribution in [0.4, 0.5) is 0 Å². The van der Waals surface area contributed by atoms with Gasteiger partial charge in [-0.2, -0.15) is 0 Å². The molecule has 0 radical (unpaired) electrons. The van der Waals surface area contributed by atoms with Gasteiger partial charge in [0.2, 0.25) is 0 Å². The molecule has 2 heterocycles. The van der Waals surface area contributed by atoms with Crippen LogP contribution in [0.2, 0.25) is 0 Å². The van der Waals surface area contributed by atoms with Crippen molar-refractivity contribution in [1.82, 2.24) is 9.38 Å². The molecule has 0 saturated carbocycles. The number of ether oxygens (including phenoxy) is 1. The van der Waals surface area contributed by atoms with E-state index in [-0.39, 0.29) is 5.60 Å². The molecule has 0 bridgehead atoms. The molecule has 0 spiro atoms. The summed E-state index contributed by atoms with van der Waals surface area (Å²) in [7, 11) is 1.74. The number of nitrogens with zero attached hydrogens (tertiary/aromatic N) is 2. The molecule has 4 heteroatoms. The average Bonchev–Trinajstić information content (AvgIpc) is 2.69. The fourth-order valence-corrected chi connectivity index (χ4v) is 2.60. The van der Waals surface area contributed by atoms with Gasteiger partial charge >= 0.3 is 0 Å². The van der Waals surface area contributed by atoms with Crippen LogP contribution in [-0.2, 0) is 10.3 Å². The standard InChI is InChI=1S/C11H16N2OS/c1-7-8(2)13-6-9(11(3,4)14-5)15-10(13)12-7/h6H,1-5H3. The lowest BCUT2D eigenvalue weighted by Gasteiger charge is -2.20. The van der Waals surface area contributed by atoms with Gasteiger partial charge in [-0.1, -0.05) is 11.3 Å².